The number of nitrogens with one attached hydrogen (secondary N) is 1. The molecule has 0 atom stereocenters. The molecule has 27 heavy (non-hydrogen) atoms. The van der Waals surface area contributed by atoms with Gasteiger partial charge in [-0.15, -0.1) is 0 Å². The molecule has 0 radical (unpaired) electrons. The molecule has 3 aromatic rings. The monoisotopic (exact) mass is 424 g/mol. The van der Waals surface area contributed by atoms with Gasteiger partial charge in [0.25, 0.3) is 5.91 Å². The van der Waals surface area contributed by atoms with Crippen molar-refractivity contribution in [1.29, 1.82) is 0 Å². The number of anilines is 1. The van der Waals surface area contributed by atoms with Crippen LogP contribution in [0.5, 0.6) is 11.5 Å². The Labute approximate surface area is 167 Å². The number of aromatic nitrogens is 1. The molecule has 0 unspecified atom stereocenters. The standard InChI is InChI=1S/C22H21BrN2O2/c1-3-5-17-10-13-21(15(2)24-17)22(26)25-18-8-11-19(12-9-18)27-20-7-4-6-16(23)14-20/h4,6-14H,3,5H2,1-2H3,(H,25,26). The molecule has 0 bridgehead atoms. The van der Waals surface area contributed by atoms with Gasteiger partial charge in [0.1, 0.15) is 11.5 Å². The minimum atomic E-state index is -0.163. The number of ether oxygens (including phenoxy) is 1. The summed E-state index contributed by atoms with van der Waals surface area (Å²) in [5, 5.41) is 2.91. The number of halogens is 1. The number of hydrogen-bond donors (Lipinski definition) is 1. The van der Waals surface area contributed by atoms with E-state index in [2.05, 4.69) is 33.2 Å². The van der Waals surface area contributed by atoms with Crippen molar-refractivity contribution in [2.75, 3.05) is 5.32 Å². The smallest absolute Gasteiger partial charge is 0.257 e. The number of carbonyl (C=O) groups is 1. The van der Waals surface area contributed by atoms with Gasteiger partial charge in [-0.05, 0) is 67.9 Å². The summed E-state index contributed by atoms with van der Waals surface area (Å²) in [7, 11) is 0. The summed E-state index contributed by atoms with van der Waals surface area (Å²) in [6.45, 7) is 3.98. The lowest BCUT2D eigenvalue weighted by Gasteiger charge is -2.10. The van der Waals surface area contributed by atoms with E-state index in [1.165, 1.54) is 0 Å². The van der Waals surface area contributed by atoms with Crippen LogP contribution in [-0.2, 0) is 6.42 Å². The van der Waals surface area contributed by atoms with Crippen LogP contribution in [0.4, 0.5) is 5.69 Å². The van der Waals surface area contributed by atoms with Crippen LogP contribution in [0.3, 0.4) is 0 Å². The highest BCUT2D eigenvalue weighted by atomic mass is 79.9. The molecule has 0 aliphatic heterocycles. The second-order valence-corrected chi connectivity index (χ2v) is 7.14. The van der Waals surface area contributed by atoms with Crippen LogP contribution >= 0.6 is 15.9 Å². The predicted octanol–water partition coefficient (Wildman–Crippen LogP) is 6.15. The molecule has 1 N–H and O–H groups in total. The zero-order chi connectivity index (χ0) is 19.2. The van der Waals surface area contributed by atoms with Crippen LogP contribution in [0.25, 0.3) is 0 Å². The number of amides is 1. The van der Waals surface area contributed by atoms with Gasteiger partial charge in [0.2, 0.25) is 0 Å². The van der Waals surface area contributed by atoms with Crippen molar-refractivity contribution in [2.24, 2.45) is 0 Å². The highest BCUT2D eigenvalue weighted by Gasteiger charge is 2.11. The fourth-order valence-electron chi connectivity index (χ4n) is 2.72. The molecule has 0 spiro atoms. The molecule has 0 fully saturated rings. The molecular weight excluding hydrogens is 404 g/mol. The molecule has 138 valence electrons. The third kappa shape index (κ3) is 5.17. The van der Waals surface area contributed by atoms with Crippen molar-refractivity contribution in [1.82, 2.24) is 4.98 Å². The second-order valence-electron chi connectivity index (χ2n) is 6.22. The van der Waals surface area contributed by atoms with Gasteiger partial charge in [0.15, 0.2) is 0 Å². The molecule has 1 amide bonds. The first-order valence-corrected chi connectivity index (χ1v) is 9.66. The average molecular weight is 425 g/mol. The van der Waals surface area contributed by atoms with Crippen LogP contribution in [0, 0.1) is 6.92 Å². The predicted molar refractivity (Wildman–Crippen MR) is 112 cm³/mol. The van der Waals surface area contributed by atoms with E-state index in [-0.39, 0.29) is 5.91 Å². The van der Waals surface area contributed by atoms with E-state index >= 15 is 0 Å². The number of benzene rings is 2. The lowest BCUT2D eigenvalue weighted by molar-refractivity contribution is 0.102. The lowest BCUT2D eigenvalue weighted by Crippen LogP contribution is -2.14. The van der Waals surface area contributed by atoms with Gasteiger partial charge in [-0.2, -0.15) is 0 Å². The van der Waals surface area contributed by atoms with Crippen molar-refractivity contribution in [2.45, 2.75) is 26.7 Å². The summed E-state index contributed by atoms with van der Waals surface area (Å²) >= 11 is 3.42. The highest BCUT2D eigenvalue weighted by molar-refractivity contribution is 9.10. The Balaban J connectivity index is 1.66. The van der Waals surface area contributed by atoms with Gasteiger partial charge >= 0.3 is 0 Å². The van der Waals surface area contributed by atoms with Gasteiger partial charge in [-0.25, -0.2) is 0 Å². The molecule has 3 rings (SSSR count). The van der Waals surface area contributed by atoms with Gasteiger partial charge in [-0.1, -0.05) is 35.3 Å². The quantitative estimate of drug-likeness (QED) is 0.516. The fraction of sp³-hybridized carbons (Fsp3) is 0.182. The van der Waals surface area contributed by atoms with E-state index in [0.717, 1.165) is 34.5 Å². The highest BCUT2D eigenvalue weighted by Crippen LogP contribution is 2.25. The number of aryl methyl sites for hydroxylation is 2. The van der Waals surface area contributed by atoms with Crippen LogP contribution in [-0.4, -0.2) is 10.9 Å². The molecule has 1 aromatic heterocycles. The van der Waals surface area contributed by atoms with Crippen molar-refractivity contribution >= 4 is 27.5 Å². The number of pyridine rings is 1. The maximum atomic E-state index is 12.5. The van der Waals surface area contributed by atoms with Crippen molar-refractivity contribution in [3.05, 3.63) is 82.1 Å². The molecule has 0 aliphatic carbocycles. The maximum Gasteiger partial charge on any atom is 0.257 e. The number of carbonyl (C=O) groups excluding carboxylic acids is 1. The van der Waals surface area contributed by atoms with Crippen molar-refractivity contribution in [3.8, 4) is 11.5 Å². The fourth-order valence-corrected chi connectivity index (χ4v) is 3.10. The zero-order valence-corrected chi connectivity index (χ0v) is 16.9. The Morgan fingerprint density at radius 3 is 2.52 bits per heavy atom. The van der Waals surface area contributed by atoms with Crippen LogP contribution in [0.1, 0.15) is 35.1 Å². The maximum absolute atomic E-state index is 12.5. The van der Waals surface area contributed by atoms with E-state index in [9.17, 15) is 4.79 Å². The Hall–Kier alpha value is -2.66. The third-order valence-corrected chi connectivity index (χ3v) is 4.53. The van der Waals surface area contributed by atoms with E-state index in [4.69, 9.17) is 4.74 Å². The number of hydrogen-bond acceptors (Lipinski definition) is 3. The molecule has 0 saturated carbocycles. The minimum absolute atomic E-state index is 0.163. The van der Waals surface area contributed by atoms with Crippen LogP contribution in [0.15, 0.2) is 65.1 Å². The van der Waals surface area contributed by atoms with E-state index in [1.54, 1.807) is 0 Å². The van der Waals surface area contributed by atoms with Crippen molar-refractivity contribution < 1.29 is 9.53 Å². The van der Waals surface area contributed by atoms with Gasteiger partial charge < -0.3 is 10.1 Å². The Kier molecular flexibility index (Phi) is 6.24. The van der Waals surface area contributed by atoms with Gasteiger partial charge in [0.05, 0.1) is 11.3 Å². The summed E-state index contributed by atoms with van der Waals surface area (Å²) in [6, 6.07) is 18.7. The summed E-state index contributed by atoms with van der Waals surface area (Å²) in [5.41, 5.74) is 3.05. The normalized spacial score (nSPS) is 10.5. The topological polar surface area (TPSA) is 51.2 Å². The Morgan fingerprint density at radius 2 is 1.85 bits per heavy atom. The molecular formula is C22H21BrN2O2. The van der Waals surface area contributed by atoms with E-state index in [1.807, 2.05) is 67.6 Å². The molecule has 2 aromatic carbocycles. The summed E-state index contributed by atoms with van der Waals surface area (Å²) < 4.78 is 6.76. The van der Waals surface area contributed by atoms with Crippen molar-refractivity contribution in [3.63, 3.8) is 0 Å². The lowest BCUT2D eigenvalue weighted by atomic mass is 10.1. The Bertz CT molecular complexity index is 939. The first-order valence-electron chi connectivity index (χ1n) is 8.86. The number of nitrogens with zero attached hydrogens (tertiary/aromatic N) is 1. The first kappa shape index (κ1) is 19.1. The minimum Gasteiger partial charge on any atom is -0.457 e. The average Bonchev–Trinajstić information content (AvgIpc) is 2.64. The second kappa shape index (κ2) is 8.82. The number of rotatable bonds is 6. The Morgan fingerprint density at radius 1 is 1.07 bits per heavy atom. The van der Waals surface area contributed by atoms with Gasteiger partial charge in [0, 0.05) is 15.9 Å². The van der Waals surface area contributed by atoms with E-state index < -0.39 is 0 Å². The SMILES string of the molecule is CCCc1ccc(C(=O)Nc2ccc(Oc3cccc(Br)c3)cc2)c(C)n1. The summed E-state index contributed by atoms with van der Waals surface area (Å²) in [5.74, 6) is 1.28. The zero-order valence-electron chi connectivity index (χ0n) is 15.3. The summed E-state index contributed by atoms with van der Waals surface area (Å²) in [4.78, 5) is 17.0. The van der Waals surface area contributed by atoms with Gasteiger partial charge in [-0.3, -0.25) is 9.78 Å². The molecule has 0 aliphatic rings. The molecule has 4 nitrogen and oxygen atoms in total. The molecule has 1 heterocycles. The van der Waals surface area contributed by atoms with Crippen LogP contribution < -0.4 is 10.1 Å². The molecule has 0 saturated heterocycles. The van der Waals surface area contributed by atoms with Crippen LogP contribution in [0.2, 0.25) is 0 Å². The summed E-state index contributed by atoms with van der Waals surface area (Å²) in [6.07, 6.45) is 1.95. The van der Waals surface area contributed by atoms with E-state index in [0.29, 0.717) is 17.0 Å². The third-order valence-electron chi connectivity index (χ3n) is 4.04. The first-order chi connectivity index (χ1) is 13.0. The largest absolute Gasteiger partial charge is 0.457 e. The molecule has 5 heteroatoms.